The average molecular weight is 319 g/mol. The van der Waals surface area contributed by atoms with Crippen LogP contribution < -0.4 is 10.5 Å². The zero-order valence-corrected chi connectivity index (χ0v) is 13.0. The van der Waals surface area contributed by atoms with Gasteiger partial charge < -0.3 is 15.4 Å². The van der Waals surface area contributed by atoms with Crippen LogP contribution in [0.1, 0.15) is 18.4 Å². The van der Waals surface area contributed by atoms with Gasteiger partial charge in [0.15, 0.2) is 0 Å². The van der Waals surface area contributed by atoms with E-state index in [-0.39, 0.29) is 24.4 Å². The molecule has 1 unspecified atom stereocenters. The Morgan fingerprint density at radius 3 is 2.95 bits per heavy atom. The van der Waals surface area contributed by atoms with Crippen LogP contribution in [-0.4, -0.2) is 37.0 Å². The van der Waals surface area contributed by atoms with Crippen molar-refractivity contribution in [3.8, 4) is 5.75 Å². The van der Waals surface area contributed by atoms with E-state index in [4.69, 9.17) is 22.1 Å². The van der Waals surface area contributed by atoms with Gasteiger partial charge in [-0.2, -0.15) is 0 Å². The number of benzene rings is 1. The van der Waals surface area contributed by atoms with E-state index in [1.54, 1.807) is 25.3 Å². The average Bonchev–Trinajstić information content (AvgIpc) is 2.87. The standard InChI is InChI=1S/C14H19ClN2O2.ClH/c1-19-13-5-4-11(15)7-10(13)8-14(18)17-6-2-3-12(17)9-16;/h4-5,7,12H,2-3,6,8-9,16H2,1H3;1H. The molecule has 20 heavy (non-hydrogen) atoms. The number of carbonyl (C=O) groups is 1. The number of halogens is 2. The highest BCUT2D eigenvalue weighted by Crippen LogP contribution is 2.25. The third-order valence-corrected chi connectivity index (χ3v) is 3.79. The molecule has 0 aromatic heterocycles. The molecule has 6 heteroatoms. The van der Waals surface area contributed by atoms with Gasteiger partial charge in [0.25, 0.3) is 0 Å². The van der Waals surface area contributed by atoms with Crippen molar-refractivity contribution in [2.75, 3.05) is 20.2 Å². The van der Waals surface area contributed by atoms with Crippen LogP contribution in [0.25, 0.3) is 0 Å². The van der Waals surface area contributed by atoms with Crippen molar-refractivity contribution in [1.29, 1.82) is 0 Å². The third kappa shape index (κ3) is 3.78. The van der Waals surface area contributed by atoms with Crippen LogP contribution in [0.15, 0.2) is 18.2 Å². The highest BCUT2D eigenvalue weighted by atomic mass is 35.5. The summed E-state index contributed by atoms with van der Waals surface area (Å²) in [4.78, 5) is 14.2. The molecule has 1 aromatic carbocycles. The van der Waals surface area contributed by atoms with E-state index < -0.39 is 0 Å². The summed E-state index contributed by atoms with van der Waals surface area (Å²) in [5.74, 6) is 0.787. The summed E-state index contributed by atoms with van der Waals surface area (Å²) < 4.78 is 5.26. The van der Waals surface area contributed by atoms with E-state index in [0.717, 1.165) is 24.9 Å². The van der Waals surface area contributed by atoms with E-state index >= 15 is 0 Å². The molecule has 1 saturated heterocycles. The van der Waals surface area contributed by atoms with Crippen molar-refractivity contribution in [1.82, 2.24) is 4.90 Å². The van der Waals surface area contributed by atoms with E-state index in [0.29, 0.717) is 23.7 Å². The fourth-order valence-electron chi connectivity index (χ4n) is 2.56. The van der Waals surface area contributed by atoms with Gasteiger partial charge in [-0.3, -0.25) is 4.79 Å². The number of hydrogen-bond acceptors (Lipinski definition) is 3. The smallest absolute Gasteiger partial charge is 0.227 e. The molecule has 1 aliphatic heterocycles. The van der Waals surface area contributed by atoms with Gasteiger partial charge in [0.05, 0.1) is 13.5 Å². The molecule has 1 aromatic rings. The summed E-state index contributed by atoms with van der Waals surface area (Å²) in [7, 11) is 1.59. The van der Waals surface area contributed by atoms with Crippen molar-refractivity contribution < 1.29 is 9.53 Å². The van der Waals surface area contributed by atoms with Crippen LogP contribution in [-0.2, 0) is 11.2 Å². The van der Waals surface area contributed by atoms with Gasteiger partial charge in [-0.05, 0) is 31.0 Å². The number of likely N-dealkylation sites (tertiary alicyclic amines) is 1. The molecular weight excluding hydrogens is 299 g/mol. The predicted octanol–water partition coefficient (Wildman–Crippen LogP) is 2.26. The second kappa shape index (κ2) is 7.72. The maximum atomic E-state index is 12.3. The summed E-state index contributed by atoms with van der Waals surface area (Å²) in [6.07, 6.45) is 2.33. The van der Waals surface area contributed by atoms with Crippen LogP contribution >= 0.6 is 24.0 Å². The molecule has 0 saturated carbocycles. The van der Waals surface area contributed by atoms with E-state index in [9.17, 15) is 4.79 Å². The van der Waals surface area contributed by atoms with Crippen molar-refractivity contribution in [3.63, 3.8) is 0 Å². The lowest BCUT2D eigenvalue weighted by Gasteiger charge is -2.23. The molecule has 0 aliphatic carbocycles. The Hall–Kier alpha value is -0.970. The Morgan fingerprint density at radius 1 is 1.55 bits per heavy atom. The number of nitrogens with zero attached hydrogens (tertiary/aromatic N) is 1. The normalized spacial score (nSPS) is 17.8. The summed E-state index contributed by atoms with van der Waals surface area (Å²) in [5, 5.41) is 0.611. The number of hydrogen-bond donors (Lipinski definition) is 1. The molecule has 1 amide bonds. The number of methoxy groups -OCH3 is 1. The van der Waals surface area contributed by atoms with Gasteiger partial charge in [0, 0.05) is 29.7 Å². The number of ether oxygens (including phenoxy) is 1. The van der Waals surface area contributed by atoms with Crippen molar-refractivity contribution in [3.05, 3.63) is 28.8 Å². The van der Waals surface area contributed by atoms with Crippen LogP contribution in [0.3, 0.4) is 0 Å². The number of nitrogens with two attached hydrogens (primary N) is 1. The van der Waals surface area contributed by atoms with Gasteiger partial charge in [-0.25, -0.2) is 0 Å². The van der Waals surface area contributed by atoms with Crippen LogP contribution in [0.2, 0.25) is 5.02 Å². The van der Waals surface area contributed by atoms with Crippen molar-refractivity contribution in [2.24, 2.45) is 5.73 Å². The first kappa shape index (κ1) is 17.1. The van der Waals surface area contributed by atoms with Gasteiger partial charge in [-0.15, -0.1) is 12.4 Å². The Bertz CT molecular complexity index is 468. The molecular formula is C14H20Cl2N2O2. The van der Waals surface area contributed by atoms with E-state index in [1.165, 1.54) is 0 Å². The summed E-state index contributed by atoms with van der Waals surface area (Å²) in [5.41, 5.74) is 6.52. The molecule has 0 radical (unpaired) electrons. The first-order chi connectivity index (χ1) is 9.15. The number of amides is 1. The molecule has 0 spiro atoms. The van der Waals surface area contributed by atoms with E-state index in [2.05, 4.69) is 0 Å². The van der Waals surface area contributed by atoms with Crippen molar-refractivity contribution in [2.45, 2.75) is 25.3 Å². The SMILES string of the molecule is COc1ccc(Cl)cc1CC(=O)N1CCCC1CN.Cl. The Labute approximate surface area is 130 Å². The maximum absolute atomic E-state index is 12.3. The number of carbonyl (C=O) groups excluding carboxylic acids is 1. The second-order valence-corrected chi connectivity index (χ2v) is 5.19. The molecule has 0 bridgehead atoms. The molecule has 2 rings (SSSR count). The maximum Gasteiger partial charge on any atom is 0.227 e. The third-order valence-electron chi connectivity index (χ3n) is 3.55. The Morgan fingerprint density at radius 2 is 2.30 bits per heavy atom. The van der Waals surface area contributed by atoms with Gasteiger partial charge in [0.2, 0.25) is 5.91 Å². The first-order valence-corrected chi connectivity index (χ1v) is 6.85. The van der Waals surface area contributed by atoms with Gasteiger partial charge in [0.1, 0.15) is 5.75 Å². The predicted molar refractivity (Wildman–Crippen MR) is 82.7 cm³/mol. The summed E-state index contributed by atoms with van der Waals surface area (Å²) in [6.45, 7) is 1.32. The summed E-state index contributed by atoms with van der Waals surface area (Å²) in [6, 6.07) is 5.51. The molecule has 2 N–H and O–H groups in total. The first-order valence-electron chi connectivity index (χ1n) is 6.47. The second-order valence-electron chi connectivity index (χ2n) is 4.75. The van der Waals surface area contributed by atoms with Crippen LogP contribution in [0, 0.1) is 0 Å². The Balaban J connectivity index is 0.00000200. The van der Waals surface area contributed by atoms with Crippen molar-refractivity contribution >= 4 is 29.9 Å². The fraction of sp³-hybridized carbons (Fsp3) is 0.500. The number of rotatable bonds is 4. The van der Waals surface area contributed by atoms with Crippen LogP contribution in [0.5, 0.6) is 5.75 Å². The zero-order chi connectivity index (χ0) is 13.8. The van der Waals surface area contributed by atoms with Crippen LogP contribution in [0.4, 0.5) is 0 Å². The highest BCUT2D eigenvalue weighted by Gasteiger charge is 2.27. The fourth-order valence-corrected chi connectivity index (χ4v) is 2.75. The highest BCUT2D eigenvalue weighted by molar-refractivity contribution is 6.30. The summed E-state index contributed by atoms with van der Waals surface area (Å²) >= 11 is 5.97. The molecule has 4 nitrogen and oxygen atoms in total. The van der Waals surface area contributed by atoms with E-state index in [1.807, 2.05) is 4.90 Å². The Kier molecular flexibility index (Phi) is 6.59. The molecule has 1 fully saturated rings. The minimum atomic E-state index is 0. The molecule has 112 valence electrons. The van der Waals surface area contributed by atoms with Gasteiger partial charge >= 0.3 is 0 Å². The lowest BCUT2D eigenvalue weighted by atomic mass is 10.1. The monoisotopic (exact) mass is 318 g/mol. The minimum Gasteiger partial charge on any atom is -0.496 e. The topological polar surface area (TPSA) is 55.6 Å². The quantitative estimate of drug-likeness (QED) is 0.926. The lowest BCUT2D eigenvalue weighted by Crippen LogP contribution is -2.40. The zero-order valence-electron chi connectivity index (χ0n) is 11.5. The molecule has 1 atom stereocenters. The minimum absolute atomic E-state index is 0. The van der Waals surface area contributed by atoms with Gasteiger partial charge in [-0.1, -0.05) is 11.6 Å². The largest absolute Gasteiger partial charge is 0.496 e. The molecule has 1 aliphatic rings. The lowest BCUT2D eigenvalue weighted by molar-refractivity contribution is -0.131. The molecule has 1 heterocycles.